The van der Waals surface area contributed by atoms with Crippen LogP contribution in [-0.4, -0.2) is 23.5 Å². The van der Waals surface area contributed by atoms with Crippen LogP contribution < -0.4 is 10.1 Å². The number of benzene rings is 1. The zero-order valence-corrected chi connectivity index (χ0v) is 14.0. The van der Waals surface area contributed by atoms with Gasteiger partial charge in [0.15, 0.2) is 5.76 Å². The molecule has 0 saturated carbocycles. The number of halogens is 1. The number of carbonyl (C=O) groups is 2. The minimum Gasteiger partial charge on any atom is -0.486 e. The number of amides is 1. The van der Waals surface area contributed by atoms with Gasteiger partial charge in [-0.1, -0.05) is 28.9 Å². The molecule has 1 aromatic carbocycles. The molecule has 1 aromatic heterocycles. The number of furan rings is 1. The van der Waals surface area contributed by atoms with E-state index < -0.39 is 17.8 Å². The summed E-state index contributed by atoms with van der Waals surface area (Å²) in [4.78, 5) is 22.6. The third-order valence-corrected chi connectivity index (χ3v) is 3.55. The molecule has 7 heteroatoms. The summed E-state index contributed by atoms with van der Waals surface area (Å²) in [7, 11) is 0. The lowest BCUT2D eigenvalue weighted by Crippen LogP contribution is -2.31. The zero-order chi connectivity index (χ0) is 16.8. The highest BCUT2D eigenvalue weighted by Gasteiger charge is 2.15. The van der Waals surface area contributed by atoms with E-state index in [1.165, 1.54) is 13.0 Å². The Bertz CT molecular complexity index is 697. The minimum absolute atomic E-state index is 0.0404. The van der Waals surface area contributed by atoms with Crippen LogP contribution in [0.2, 0.25) is 0 Å². The average molecular weight is 382 g/mol. The largest absolute Gasteiger partial charge is 0.486 e. The van der Waals surface area contributed by atoms with Crippen molar-refractivity contribution in [1.82, 2.24) is 5.32 Å². The number of aliphatic carboxylic acids is 1. The molecule has 1 atom stereocenters. The maximum absolute atomic E-state index is 11.9. The molecule has 0 saturated heterocycles. The summed E-state index contributed by atoms with van der Waals surface area (Å²) in [5.74, 6) is -0.776. The summed E-state index contributed by atoms with van der Waals surface area (Å²) in [6, 6.07) is 10.6. The molecule has 0 aliphatic heterocycles. The van der Waals surface area contributed by atoms with Crippen LogP contribution in [-0.2, 0) is 11.4 Å². The molecule has 0 bridgehead atoms. The summed E-state index contributed by atoms with van der Waals surface area (Å²) in [6.45, 7) is 1.75. The quantitative estimate of drug-likeness (QED) is 0.769. The van der Waals surface area contributed by atoms with Crippen LogP contribution in [0, 0.1) is 5.92 Å². The molecule has 2 rings (SSSR count). The molecular formula is C16H16BrNO5. The number of carbonyl (C=O) groups excluding carboxylic acids is 1. The fourth-order valence-electron chi connectivity index (χ4n) is 1.71. The van der Waals surface area contributed by atoms with Crippen molar-refractivity contribution in [3.63, 3.8) is 0 Å². The Balaban J connectivity index is 1.87. The molecule has 0 spiro atoms. The maximum atomic E-state index is 11.9. The first-order valence-electron chi connectivity index (χ1n) is 6.94. The molecular weight excluding hydrogens is 366 g/mol. The van der Waals surface area contributed by atoms with Crippen molar-refractivity contribution in [1.29, 1.82) is 0 Å². The Labute approximate surface area is 141 Å². The molecule has 0 aliphatic rings. The molecule has 0 fully saturated rings. The van der Waals surface area contributed by atoms with Gasteiger partial charge in [0.1, 0.15) is 18.1 Å². The van der Waals surface area contributed by atoms with Crippen LogP contribution in [0.25, 0.3) is 0 Å². The Hall–Kier alpha value is -2.28. The number of hydrogen-bond acceptors (Lipinski definition) is 4. The van der Waals surface area contributed by atoms with Crippen molar-refractivity contribution in [2.75, 3.05) is 6.54 Å². The van der Waals surface area contributed by atoms with Crippen molar-refractivity contribution in [3.8, 4) is 5.75 Å². The normalized spacial score (nSPS) is 11.7. The minimum atomic E-state index is -0.965. The molecule has 0 radical (unpaired) electrons. The van der Waals surface area contributed by atoms with Crippen LogP contribution in [0.1, 0.15) is 23.2 Å². The molecule has 2 aromatic rings. The van der Waals surface area contributed by atoms with Gasteiger partial charge < -0.3 is 19.6 Å². The summed E-state index contributed by atoms with van der Waals surface area (Å²) in [5.41, 5.74) is 0. The van der Waals surface area contributed by atoms with Gasteiger partial charge in [-0.05, 0) is 30.3 Å². The number of nitrogens with one attached hydrogen (secondary N) is 1. The summed E-state index contributed by atoms with van der Waals surface area (Å²) in [5, 5.41) is 11.3. The zero-order valence-electron chi connectivity index (χ0n) is 12.4. The Kier molecular flexibility index (Phi) is 5.81. The van der Waals surface area contributed by atoms with Gasteiger partial charge in [-0.2, -0.15) is 0 Å². The van der Waals surface area contributed by atoms with E-state index in [1.54, 1.807) is 6.07 Å². The maximum Gasteiger partial charge on any atom is 0.308 e. The Morgan fingerprint density at radius 3 is 2.83 bits per heavy atom. The van der Waals surface area contributed by atoms with Crippen molar-refractivity contribution in [2.45, 2.75) is 13.5 Å². The van der Waals surface area contributed by atoms with Gasteiger partial charge in [0, 0.05) is 11.0 Å². The number of ether oxygens (including phenoxy) is 1. The molecule has 2 N–H and O–H groups in total. The van der Waals surface area contributed by atoms with Gasteiger partial charge in [-0.3, -0.25) is 9.59 Å². The Morgan fingerprint density at radius 2 is 2.13 bits per heavy atom. The average Bonchev–Trinajstić information content (AvgIpc) is 2.99. The van der Waals surface area contributed by atoms with Crippen molar-refractivity contribution >= 4 is 27.8 Å². The molecule has 1 amide bonds. The smallest absolute Gasteiger partial charge is 0.308 e. The van der Waals surface area contributed by atoms with Crippen molar-refractivity contribution in [2.24, 2.45) is 5.92 Å². The van der Waals surface area contributed by atoms with Gasteiger partial charge in [-0.15, -0.1) is 0 Å². The first-order valence-corrected chi connectivity index (χ1v) is 7.73. The third-order valence-electron chi connectivity index (χ3n) is 3.05. The second kappa shape index (κ2) is 7.82. The van der Waals surface area contributed by atoms with E-state index in [-0.39, 0.29) is 18.9 Å². The molecule has 0 aliphatic carbocycles. The fourth-order valence-corrected chi connectivity index (χ4v) is 2.09. The first kappa shape index (κ1) is 17.1. The molecule has 6 nitrogen and oxygen atoms in total. The molecule has 1 heterocycles. The van der Waals surface area contributed by atoms with Gasteiger partial charge in [0.2, 0.25) is 0 Å². The predicted octanol–water partition coefficient (Wildman–Crippen LogP) is 3.07. The molecule has 23 heavy (non-hydrogen) atoms. The lowest BCUT2D eigenvalue weighted by atomic mass is 10.2. The fraction of sp³-hybridized carbons (Fsp3) is 0.250. The molecule has 1 unspecified atom stereocenters. The van der Waals surface area contributed by atoms with E-state index in [4.69, 9.17) is 14.3 Å². The highest BCUT2D eigenvalue weighted by molar-refractivity contribution is 9.10. The van der Waals surface area contributed by atoms with E-state index >= 15 is 0 Å². The lowest BCUT2D eigenvalue weighted by molar-refractivity contribution is -0.140. The Morgan fingerprint density at radius 1 is 1.35 bits per heavy atom. The second-order valence-electron chi connectivity index (χ2n) is 4.96. The van der Waals surface area contributed by atoms with Crippen LogP contribution in [0.4, 0.5) is 0 Å². The lowest BCUT2D eigenvalue weighted by Gasteiger charge is -2.07. The van der Waals surface area contributed by atoms with Crippen LogP contribution >= 0.6 is 15.9 Å². The standard InChI is InChI=1S/C16H16BrNO5/c1-10(16(20)21)8-18-15(19)14-6-5-13(23-14)9-22-12-4-2-3-11(17)7-12/h2-7,10H,8-9H2,1H3,(H,18,19)(H,20,21). The number of rotatable bonds is 7. The van der Waals surface area contributed by atoms with Crippen molar-refractivity contribution in [3.05, 3.63) is 52.4 Å². The van der Waals surface area contributed by atoms with E-state index in [0.29, 0.717) is 11.5 Å². The van der Waals surface area contributed by atoms with E-state index in [2.05, 4.69) is 21.2 Å². The summed E-state index contributed by atoms with van der Waals surface area (Å²) in [6.07, 6.45) is 0. The highest BCUT2D eigenvalue weighted by Crippen LogP contribution is 2.19. The van der Waals surface area contributed by atoms with Crippen LogP contribution in [0.15, 0.2) is 45.3 Å². The summed E-state index contributed by atoms with van der Waals surface area (Å²) < 4.78 is 11.9. The van der Waals surface area contributed by atoms with Gasteiger partial charge >= 0.3 is 5.97 Å². The van der Waals surface area contributed by atoms with Gasteiger partial charge in [0.25, 0.3) is 5.91 Å². The monoisotopic (exact) mass is 381 g/mol. The predicted molar refractivity (Wildman–Crippen MR) is 86.3 cm³/mol. The van der Waals surface area contributed by atoms with Gasteiger partial charge in [-0.25, -0.2) is 0 Å². The van der Waals surface area contributed by atoms with E-state index in [1.807, 2.05) is 24.3 Å². The number of carboxylic acid groups (broad SMARTS) is 1. The molecule has 122 valence electrons. The van der Waals surface area contributed by atoms with E-state index in [0.717, 1.165) is 4.47 Å². The SMILES string of the molecule is CC(CNC(=O)c1ccc(COc2cccc(Br)c2)o1)C(=O)O. The second-order valence-corrected chi connectivity index (χ2v) is 5.88. The number of hydrogen-bond donors (Lipinski definition) is 2. The van der Waals surface area contributed by atoms with E-state index in [9.17, 15) is 9.59 Å². The third kappa shape index (κ3) is 5.14. The van der Waals surface area contributed by atoms with Gasteiger partial charge in [0.05, 0.1) is 5.92 Å². The summed E-state index contributed by atoms with van der Waals surface area (Å²) >= 11 is 3.35. The number of carboxylic acids is 1. The topological polar surface area (TPSA) is 88.8 Å². The highest BCUT2D eigenvalue weighted by atomic mass is 79.9. The first-order chi connectivity index (χ1) is 11.0. The van der Waals surface area contributed by atoms with Crippen molar-refractivity contribution < 1.29 is 23.8 Å². The van der Waals surface area contributed by atoms with Crippen LogP contribution in [0.5, 0.6) is 5.75 Å². The van der Waals surface area contributed by atoms with Crippen LogP contribution in [0.3, 0.4) is 0 Å².